The van der Waals surface area contributed by atoms with Crippen LogP contribution in [-0.2, 0) is 58.1 Å². The predicted octanol–water partition coefficient (Wildman–Crippen LogP) is 10.3. The average Bonchev–Trinajstić information content (AvgIpc) is 1.66. The number of nitrogens with two attached hydrogens (primary N) is 1. The van der Waals surface area contributed by atoms with Crippen LogP contribution >= 0.6 is 0 Å². The van der Waals surface area contributed by atoms with Gasteiger partial charge in [-0.2, -0.15) is 56.2 Å². The van der Waals surface area contributed by atoms with Gasteiger partial charge in [0.15, 0.2) is 0 Å². The van der Waals surface area contributed by atoms with Crippen LogP contribution in [0.4, 0.5) is 34.5 Å². The van der Waals surface area contributed by atoms with Crippen LogP contribution in [0, 0.1) is 77.4 Å². The largest absolute Gasteiger partial charge is 0.462 e. The molecule has 6 aromatic carbocycles. The molecular weight excluding hydrogens is 1670 g/mol. The van der Waals surface area contributed by atoms with Crippen LogP contribution in [0.1, 0.15) is 118 Å². The quantitative estimate of drug-likeness (QED) is 0.0434. The molecule has 31 nitrogen and oxygen atoms in total. The Kier molecular flexibility index (Phi) is 26.4. The average molecular weight is 1790 g/mol. The molecule has 6 fully saturated rings. The zero-order chi connectivity index (χ0) is 92.2. The molecule has 9 aliphatic heterocycles. The number of carbonyl (C=O) groups excluding carboxylic acids is 4. The molecular formula is C102H112N24O7. The summed E-state index contributed by atoms with van der Waals surface area (Å²) in [5.41, 5.74) is 20.4. The van der Waals surface area contributed by atoms with E-state index in [2.05, 4.69) is 201 Å². The summed E-state index contributed by atoms with van der Waals surface area (Å²) in [5, 5.41) is 56.2. The molecule has 9 aromatic rings. The molecule has 0 radical (unpaired) electrons. The lowest BCUT2D eigenvalue weighted by Gasteiger charge is -2.42. The molecule has 9 aliphatic rings. The first-order valence-corrected chi connectivity index (χ1v) is 46.5. The number of ether oxygens (including phenoxy) is 3. The molecule has 6 saturated heterocycles. The molecule has 0 saturated carbocycles. The van der Waals surface area contributed by atoms with Crippen molar-refractivity contribution in [3.8, 4) is 48.4 Å². The number of amides is 4. The number of anilines is 6. The Balaban J connectivity index is 0.600. The lowest BCUT2D eigenvalue weighted by atomic mass is 9.89. The van der Waals surface area contributed by atoms with Gasteiger partial charge in [-0.3, -0.25) is 29.0 Å². The Morgan fingerprint density at radius 2 is 0.850 bits per heavy atom. The molecule has 4 amide bonds. The van der Waals surface area contributed by atoms with Crippen LogP contribution in [0.5, 0.6) is 18.0 Å². The number of primary amides is 1. The number of likely N-dealkylation sites (tertiary alicyclic amines) is 3. The molecule has 2 unspecified atom stereocenters. The number of rotatable bonds is 24. The SMILES string of the molecule is Cc1cccc2cc(C3C[C@@H](COc4nc5c(c(N6CCN(C(=O)/C=C/C#N)[C@@H](CC#N)C6)n4)CCN(c4ccc(C6C[C@@H](COc7nc8c(c(N9CCN(C(=O)/C=C/C(N)=O)[C@@H](CC#N)C9)n7)CCN(c7cccc9cccc(C)c79)C8)N(C)C6)c6cccc(C)c46)C5)N(C)C3)cc(N3CCc4c(nc(OC[C@@H]5CCCN5C)nc4N4CCN(C(=O)/C=C\C#N)[C@@H](CC#N)C4)C3)c12. The molecule has 682 valence electrons. The fourth-order valence-corrected chi connectivity index (χ4v) is 22.1. The highest BCUT2D eigenvalue weighted by atomic mass is 16.5. The monoisotopic (exact) mass is 1780 g/mol. The summed E-state index contributed by atoms with van der Waals surface area (Å²) >= 11 is 0. The van der Waals surface area contributed by atoms with E-state index in [4.69, 9.17) is 49.8 Å². The highest BCUT2D eigenvalue weighted by molar-refractivity contribution is 6.01. The molecule has 0 aliphatic carbocycles. The number of aromatic nitrogens is 6. The third kappa shape index (κ3) is 18.6. The number of likely N-dealkylation sites (N-methyl/N-ethyl adjacent to an activating group) is 3. The minimum atomic E-state index is -0.724. The number of nitriles is 5. The van der Waals surface area contributed by atoms with Gasteiger partial charge in [-0.15, -0.1) is 0 Å². The molecule has 3 aromatic heterocycles. The summed E-state index contributed by atoms with van der Waals surface area (Å²) in [5.74, 6) is 0.809. The normalized spacial score (nSPS) is 21.9. The first kappa shape index (κ1) is 89.6. The number of nitrogens with zero attached hydrogens (tertiary/aromatic N) is 23. The Morgan fingerprint density at radius 1 is 0.421 bits per heavy atom. The van der Waals surface area contributed by atoms with E-state index in [0.29, 0.717) is 137 Å². The van der Waals surface area contributed by atoms with Crippen molar-refractivity contribution in [3.63, 3.8) is 0 Å². The van der Waals surface area contributed by atoms with Crippen LogP contribution in [0.2, 0.25) is 0 Å². The maximum absolute atomic E-state index is 13.7. The van der Waals surface area contributed by atoms with Crippen molar-refractivity contribution in [2.24, 2.45) is 5.73 Å². The van der Waals surface area contributed by atoms with E-state index >= 15 is 0 Å². The van der Waals surface area contributed by atoms with Crippen LogP contribution in [0.15, 0.2) is 134 Å². The Labute approximate surface area is 775 Å². The van der Waals surface area contributed by atoms with Gasteiger partial charge in [0.1, 0.15) is 37.3 Å². The lowest BCUT2D eigenvalue weighted by molar-refractivity contribution is -0.129. The fourth-order valence-electron chi connectivity index (χ4n) is 22.1. The Hall–Kier alpha value is -14.0. The van der Waals surface area contributed by atoms with Crippen molar-refractivity contribution in [2.75, 3.05) is 169 Å². The minimum Gasteiger partial charge on any atom is -0.462 e. The third-order valence-corrected chi connectivity index (χ3v) is 29.0. The van der Waals surface area contributed by atoms with E-state index < -0.39 is 24.0 Å². The molecule has 18 rings (SSSR count). The summed E-state index contributed by atoms with van der Waals surface area (Å²) in [6.45, 7) is 17.1. The molecule has 0 bridgehead atoms. The number of benzene rings is 6. The summed E-state index contributed by atoms with van der Waals surface area (Å²) in [6, 6.07) is 45.8. The van der Waals surface area contributed by atoms with Gasteiger partial charge in [0.05, 0.1) is 104 Å². The van der Waals surface area contributed by atoms with Gasteiger partial charge in [-0.1, -0.05) is 78.9 Å². The molecule has 133 heavy (non-hydrogen) atoms. The van der Waals surface area contributed by atoms with Crippen LogP contribution in [-0.4, -0.2) is 258 Å². The summed E-state index contributed by atoms with van der Waals surface area (Å²) in [4.78, 5) is 110. The third-order valence-electron chi connectivity index (χ3n) is 29.0. The maximum Gasteiger partial charge on any atom is 0.318 e. The van der Waals surface area contributed by atoms with Gasteiger partial charge in [0.25, 0.3) is 0 Å². The second-order valence-electron chi connectivity index (χ2n) is 37.0. The van der Waals surface area contributed by atoms with Crippen molar-refractivity contribution in [1.29, 1.82) is 26.3 Å². The number of hydrogen-bond donors (Lipinski definition) is 1. The van der Waals surface area contributed by atoms with E-state index in [1.54, 1.807) is 14.7 Å². The molecule has 8 atom stereocenters. The number of carbonyl (C=O) groups is 4. The first-order chi connectivity index (χ1) is 64.7. The second kappa shape index (κ2) is 39.2. The van der Waals surface area contributed by atoms with Gasteiger partial charge in [0, 0.05) is 196 Å². The van der Waals surface area contributed by atoms with Crippen molar-refractivity contribution in [1.82, 2.24) is 59.3 Å². The smallest absolute Gasteiger partial charge is 0.318 e. The van der Waals surface area contributed by atoms with Crippen molar-refractivity contribution < 1.29 is 33.4 Å². The van der Waals surface area contributed by atoms with Crippen molar-refractivity contribution >= 4 is 90.5 Å². The van der Waals surface area contributed by atoms with E-state index in [1.807, 2.05) is 12.1 Å². The van der Waals surface area contributed by atoms with Gasteiger partial charge in [-0.25, -0.2) is 0 Å². The molecule has 2 N–H and O–H groups in total. The topological polar surface area (TPSA) is 357 Å². The summed E-state index contributed by atoms with van der Waals surface area (Å²) in [7, 11) is 6.45. The van der Waals surface area contributed by atoms with Gasteiger partial charge < -0.3 is 68.9 Å². The highest BCUT2D eigenvalue weighted by Crippen LogP contribution is 2.46. The Morgan fingerprint density at radius 3 is 1.32 bits per heavy atom. The number of allylic oxidation sites excluding steroid dienone is 2. The van der Waals surface area contributed by atoms with Crippen LogP contribution in [0.3, 0.4) is 0 Å². The Bertz CT molecular complexity index is 6340. The van der Waals surface area contributed by atoms with Crippen molar-refractivity contribution in [3.05, 3.63) is 195 Å². The van der Waals surface area contributed by atoms with Crippen LogP contribution in [0.25, 0.3) is 32.3 Å². The number of aryl methyl sites for hydroxylation is 3. The van der Waals surface area contributed by atoms with E-state index in [9.17, 15) is 45.5 Å². The van der Waals surface area contributed by atoms with Gasteiger partial charge in [0.2, 0.25) is 23.6 Å². The first-order valence-electron chi connectivity index (χ1n) is 46.5. The predicted molar refractivity (Wildman–Crippen MR) is 508 cm³/mol. The number of piperazine rings is 3. The zero-order valence-corrected chi connectivity index (χ0v) is 76.5. The molecule has 12 heterocycles. The standard InChI is InChI=1S/C102H112N24O7/c1-65-14-7-17-68-18-10-22-87(94(65)68)118-41-32-81-84(59-118)109-102(114-97(81)123-46-49-126(75(58-123)31-39-107)93(130)28-27-90(108)127)133-64-78-52-72(55-117(78)6)79-25-26-88(96-67(3)16-9-21-80(79)96)119-42-33-82-85(60-119)110-101(113-98(82)121-44-47-124(73(56-121)29-37-105)91(128)23-11-35-103)132-63-77-51-71(54-116(77)5)70-50-69-19-8-15-66(2)95(69)89(53-70)120-43-34-83-86(61-120)111-100(131-62-76-20-13-40-115(76)4)112-99(83)122-45-48-125(74(57-122)30-38-106)92(129)24-12-36-104/h7-12,14-19,21-28,50,53,71-78H,13,20,29-34,40-49,51-52,54-64H2,1-6H3,(H2,108,127)/b23-11+,24-12-,28-27+/t71?,72?,73-,74-,75-,76-,77-,78-/m0/s1. The summed E-state index contributed by atoms with van der Waals surface area (Å²) in [6.07, 6.45) is 13.1. The number of fused-ring (bicyclic) bond motifs is 6. The molecule has 31 heteroatoms. The van der Waals surface area contributed by atoms with E-state index in [1.165, 1.54) is 79.6 Å². The van der Waals surface area contributed by atoms with Gasteiger partial charge in [-0.05, 0) is 167 Å². The maximum atomic E-state index is 13.7. The van der Waals surface area contributed by atoms with Crippen molar-refractivity contribution in [2.45, 2.75) is 153 Å². The summed E-state index contributed by atoms with van der Waals surface area (Å²) < 4.78 is 20.5. The second-order valence-corrected chi connectivity index (χ2v) is 37.0. The number of hydrogen-bond acceptors (Lipinski definition) is 27. The highest BCUT2D eigenvalue weighted by Gasteiger charge is 2.42. The molecule has 0 spiro atoms. The van der Waals surface area contributed by atoms with E-state index in [-0.39, 0.29) is 79.0 Å². The lowest BCUT2D eigenvalue weighted by Crippen LogP contribution is -2.55. The fraction of sp³-hybridized carbons (Fsp3) is 0.441. The van der Waals surface area contributed by atoms with Crippen LogP contribution < -0.4 is 49.3 Å². The van der Waals surface area contributed by atoms with E-state index in [0.717, 1.165) is 137 Å². The van der Waals surface area contributed by atoms with Gasteiger partial charge >= 0.3 is 18.0 Å². The minimum absolute atomic E-state index is 0.00365. The zero-order valence-electron chi connectivity index (χ0n) is 76.5.